The van der Waals surface area contributed by atoms with Gasteiger partial charge in [-0.3, -0.25) is 0 Å². The van der Waals surface area contributed by atoms with Crippen LogP contribution < -0.4 is 0 Å². The van der Waals surface area contributed by atoms with Crippen molar-refractivity contribution in [2.24, 2.45) is 0 Å². The number of halogens is 3. The second kappa shape index (κ2) is 8.05. The Hall–Kier alpha value is -3.13. The molecular formula is C22H17F3N2. The highest BCUT2D eigenvalue weighted by Gasteiger charge is 2.11. The number of nitrogens with zero attached hydrogens (tertiary/aromatic N) is 2. The smallest absolute Gasteiger partial charge is 0.174 e. The van der Waals surface area contributed by atoms with E-state index in [1.165, 1.54) is 24.5 Å². The molecule has 136 valence electrons. The van der Waals surface area contributed by atoms with Crippen LogP contribution in [-0.4, -0.2) is 9.97 Å². The minimum Gasteiger partial charge on any atom is -0.235 e. The van der Waals surface area contributed by atoms with Gasteiger partial charge in [0.15, 0.2) is 17.5 Å². The zero-order chi connectivity index (χ0) is 19.4. The molecule has 27 heavy (non-hydrogen) atoms. The predicted molar refractivity (Wildman–Crippen MR) is 98.5 cm³/mol. The number of rotatable bonds is 3. The van der Waals surface area contributed by atoms with Crippen molar-refractivity contribution >= 4 is 0 Å². The van der Waals surface area contributed by atoms with Crippen molar-refractivity contribution in [1.82, 2.24) is 9.97 Å². The number of aryl methyl sites for hydroxylation is 2. The second-order valence-corrected chi connectivity index (χ2v) is 6.18. The third kappa shape index (κ3) is 4.17. The van der Waals surface area contributed by atoms with Crippen molar-refractivity contribution in [2.75, 3.05) is 0 Å². The molecule has 0 aliphatic carbocycles. The van der Waals surface area contributed by atoms with Gasteiger partial charge >= 0.3 is 0 Å². The molecule has 2 aromatic carbocycles. The van der Waals surface area contributed by atoms with Gasteiger partial charge in [0.2, 0.25) is 0 Å². The third-order valence-corrected chi connectivity index (χ3v) is 4.04. The number of hydrogen-bond donors (Lipinski definition) is 0. The molecule has 0 saturated carbocycles. The lowest BCUT2D eigenvalue weighted by Gasteiger charge is -2.04. The summed E-state index contributed by atoms with van der Waals surface area (Å²) in [6.07, 6.45) is 4.05. The quantitative estimate of drug-likeness (QED) is 0.594. The molecule has 0 bridgehead atoms. The van der Waals surface area contributed by atoms with Crippen LogP contribution in [0.4, 0.5) is 13.2 Å². The van der Waals surface area contributed by atoms with Gasteiger partial charge in [0, 0.05) is 12.4 Å². The SMILES string of the molecule is CCCc1ccc(C#Cc2cnc(-c3ccc(C)cc3F)nc2)c(F)c1F. The first kappa shape index (κ1) is 18.7. The highest BCUT2D eigenvalue weighted by Crippen LogP contribution is 2.20. The highest BCUT2D eigenvalue weighted by molar-refractivity contribution is 5.56. The Morgan fingerprint density at radius 2 is 1.67 bits per heavy atom. The summed E-state index contributed by atoms with van der Waals surface area (Å²) in [5.74, 6) is 3.33. The lowest BCUT2D eigenvalue weighted by molar-refractivity contribution is 0.496. The maximum absolute atomic E-state index is 14.1. The largest absolute Gasteiger partial charge is 0.235 e. The van der Waals surface area contributed by atoms with Gasteiger partial charge in [-0.15, -0.1) is 0 Å². The molecule has 0 unspecified atom stereocenters. The lowest BCUT2D eigenvalue weighted by Crippen LogP contribution is -1.97. The van der Waals surface area contributed by atoms with Crippen molar-refractivity contribution in [3.63, 3.8) is 0 Å². The fraction of sp³-hybridized carbons (Fsp3) is 0.182. The number of benzene rings is 2. The van der Waals surface area contributed by atoms with Gasteiger partial charge in [-0.2, -0.15) is 0 Å². The Bertz CT molecular complexity index is 1030. The van der Waals surface area contributed by atoms with E-state index in [9.17, 15) is 13.2 Å². The monoisotopic (exact) mass is 366 g/mol. The van der Waals surface area contributed by atoms with Gasteiger partial charge in [0.05, 0.1) is 16.7 Å². The fourth-order valence-electron chi connectivity index (χ4n) is 2.62. The molecule has 0 fully saturated rings. The summed E-state index contributed by atoms with van der Waals surface area (Å²) >= 11 is 0. The van der Waals surface area contributed by atoms with Crippen LogP contribution in [0.25, 0.3) is 11.4 Å². The maximum atomic E-state index is 14.1. The lowest BCUT2D eigenvalue weighted by atomic mass is 10.1. The van der Waals surface area contributed by atoms with Crippen LogP contribution in [0.5, 0.6) is 0 Å². The first-order valence-electron chi connectivity index (χ1n) is 8.57. The summed E-state index contributed by atoms with van der Waals surface area (Å²) in [4.78, 5) is 8.22. The van der Waals surface area contributed by atoms with Gasteiger partial charge in [-0.05, 0) is 42.7 Å². The van der Waals surface area contributed by atoms with Crippen molar-refractivity contribution in [1.29, 1.82) is 0 Å². The van der Waals surface area contributed by atoms with Crippen LogP contribution in [0.3, 0.4) is 0 Å². The molecule has 3 aromatic rings. The molecule has 2 nitrogen and oxygen atoms in total. The summed E-state index contributed by atoms with van der Waals surface area (Å²) in [7, 11) is 0. The number of hydrogen-bond acceptors (Lipinski definition) is 2. The van der Waals surface area contributed by atoms with Crippen molar-refractivity contribution in [3.05, 3.63) is 82.4 Å². The molecule has 0 spiro atoms. The van der Waals surface area contributed by atoms with Crippen LogP contribution in [0.15, 0.2) is 42.7 Å². The predicted octanol–water partition coefficient (Wildman–Crippen LogP) is 5.22. The van der Waals surface area contributed by atoms with Crippen LogP contribution >= 0.6 is 0 Å². The zero-order valence-electron chi connectivity index (χ0n) is 15.0. The van der Waals surface area contributed by atoms with Crippen LogP contribution in [0, 0.1) is 36.2 Å². The topological polar surface area (TPSA) is 25.8 Å². The van der Waals surface area contributed by atoms with Crippen LogP contribution in [-0.2, 0) is 6.42 Å². The maximum Gasteiger partial charge on any atom is 0.174 e. The van der Waals surface area contributed by atoms with E-state index in [4.69, 9.17) is 0 Å². The Balaban J connectivity index is 1.85. The van der Waals surface area contributed by atoms with E-state index in [1.54, 1.807) is 25.1 Å². The minimum absolute atomic E-state index is 0.0268. The molecule has 0 aliphatic heterocycles. The van der Waals surface area contributed by atoms with E-state index in [0.717, 1.165) is 12.0 Å². The Labute approximate surface area is 156 Å². The van der Waals surface area contributed by atoms with Gasteiger partial charge < -0.3 is 0 Å². The van der Waals surface area contributed by atoms with Gasteiger partial charge in [-0.1, -0.05) is 37.3 Å². The van der Waals surface area contributed by atoms with E-state index in [-0.39, 0.29) is 11.4 Å². The average Bonchev–Trinajstić information content (AvgIpc) is 2.66. The minimum atomic E-state index is -0.951. The Morgan fingerprint density at radius 3 is 2.33 bits per heavy atom. The first-order chi connectivity index (χ1) is 13.0. The van der Waals surface area contributed by atoms with E-state index >= 15 is 0 Å². The molecule has 0 radical (unpaired) electrons. The molecule has 1 aromatic heterocycles. The molecule has 0 aliphatic rings. The van der Waals surface area contributed by atoms with E-state index in [1.807, 2.05) is 6.92 Å². The Morgan fingerprint density at radius 1 is 0.926 bits per heavy atom. The van der Waals surface area contributed by atoms with E-state index in [0.29, 0.717) is 23.1 Å². The first-order valence-corrected chi connectivity index (χ1v) is 8.57. The van der Waals surface area contributed by atoms with Crippen molar-refractivity contribution in [3.8, 4) is 23.2 Å². The van der Waals surface area contributed by atoms with Gasteiger partial charge in [-0.25, -0.2) is 23.1 Å². The van der Waals surface area contributed by atoms with Crippen molar-refractivity contribution < 1.29 is 13.2 Å². The number of aromatic nitrogens is 2. The molecule has 1 heterocycles. The summed E-state index contributed by atoms with van der Waals surface area (Å²) < 4.78 is 42.1. The molecule has 0 saturated heterocycles. The van der Waals surface area contributed by atoms with Crippen LogP contribution in [0.1, 0.15) is 35.6 Å². The molecule has 3 rings (SSSR count). The second-order valence-electron chi connectivity index (χ2n) is 6.18. The summed E-state index contributed by atoms with van der Waals surface area (Å²) in [6, 6.07) is 7.81. The van der Waals surface area contributed by atoms with E-state index < -0.39 is 17.5 Å². The summed E-state index contributed by atoms with van der Waals surface area (Å²) in [5, 5.41) is 0. The molecular weight excluding hydrogens is 349 g/mol. The molecule has 0 atom stereocenters. The molecule has 0 amide bonds. The molecule has 5 heteroatoms. The standard InChI is InChI=1S/C22H17F3N2/c1-3-4-16-8-9-17(21(25)20(16)24)7-6-15-12-26-22(27-13-15)18-10-5-14(2)11-19(18)23/h5,8-13H,3-4H2,1-2H3. The summed E-state index contributed by atoms with van der Waals surface area (Å²) in [5.41, 5.74) is 1.83. The van der Waals surface area contributed by atoms with Gasteiger partial charge in [0.1, 0.15) is 5.82 Å². The normalized spacial score (nSPS) is 10.4. The Kier molecular flexibility index (Phi) is 5.56. The zero-order valence-corrected chi connectivity index (χ0v) is 15.0. The summed E-state index contributed by atoms with van der Waals surface area (Å²) in [6.45, 7) is 3.69. The van der Waals surface area contributed by atoms with E-state index in [2.05, 4.69) is 21.8 Å². The van der Waals surface area contributed by atoms with Crippen LogP contribution in [0.2, 0.25) is 0 Å². The average molecular weight is 366 g/mol. The molecule has 0 N–H and O–H groups in total. The highest BCUT2D eigenvalue weighted by atomic mass is 19.2. The third-order valence-electron chi connectivity index (χ3n) is 4.04. The fourth-order valence-corrected chi connectivity index (χ4v) is 2.62. The van der Waals surface area contributed by atoms with Crippen molar-refractivity contribution in [2.45, 2.75) is 26.7 Å². The van der Waals surface area contributed by atoms with Gasteiger partial charge in [0.25, 0.3) is 0 Å².